The Labute approximate surface area is 365 Å². The van der Waals surface area contributed by atoms with E-state index in [-0.39, 0.29) is 12.0 Å². The van der Waals surface area contributed by atoms with Crippen LogP contribution in [0.2, 0.25) is 0 Å². The Morgan fingerprint density at radius 2 is 0.516 bits per heavy atom. The Balaban J connectivity index is 0.974. The van der Waals surface area contributed by atoms with Crippen molar-refractivity contribution in [3.05, 3.63) is 213 Å². The number of rotatable bonds is 17. The second-order valence-electron chi connectivity index (χ2n) is 15.5. The van der Waals surface area contributed by atoms with Gasteiger partial charge in [0.25, 0.3) is 0 Å². The molecule has 6 aromatic carbocycles. The molecule has 310 valence electrons. The molecule has 0 saturated carbocycles. The van der Waals surface area contributed by atoms with Crippen LogP contribution in [0.15, 0.2) is 146 Å². The van der Waals surface area contributed by atoms with Crippen molar-refractivity contribution in [2.45, 2.75) is 79.1 Å². The van der Waals surface area contributed by atoms with Crippen LogP contribution in [0.4, 0.5) is 0 Å². The second kappa shape index (κ2) is 20.0. The molecular weight excluding hydrogens is 765 g/mol. The summed E-state index contributed by atoms with van der Waals surface area (Å²) < 4.78 is 12.4. The zero-order valence-corrected chi connectivity index (χ0v) is 36.0. The van der Waals surface area contributed by atoms with Gasteiger partial charge in [0.2, 0.25) is 0 Å². The van der Waals surface area contributed by atoms with Gasteiger partial charge in [-0.15, -0.1) is 4.98 Å². The van der Waals surface area contributed by atoms with Gasteiger partial charge < -0.3 is 9.47 Å². The molecule has 2 aromatic heterocycles. The maximum Gasteiger partial charge on any atom is 0.328 e. The van der Waals surface area contributed by atoms with Crippen LogP contribution < -0.4 is 9.47 Å². The molecule has 62 heavy (non-hydrogen) atoms. The van der Waals surface area contributed by atoms with Crippen LogP contribution in [-0.4, -0.2) is 29.9 Å². The summed E-state index contributed by atoms with van der Waals surface area (Å²) in [7, 11) is 0. The molecule has 0 unspecified atom stereocenters. The van der Waals surface area contributed by atoms with Crippen molar-refractivity contribution < 1.29 is 9.47 Å². The van der Waals surface area contributed by atoms with Crippen LogP contribution in [0, 0.1) is 0 Å². The molecule has 8 aromatic rings. The van der Waals surface area contributed by atoms with Crippen LogP contribution in [0.5, 0.6) is 23.5 Å². The highest BCUT2D eigenvalue weighted by Gasteiger charge is 2.14. The van der Waals surface area contributed by atoms with Gasteiger partial charge in [-0.1, -0.05) is 149 Å². The first kappa shape index (κ1) is 41.7. The summed E-state index contributed by atoms with van der Waals surface area (Å²) in [6, 6.07) is 50.8. The first-order valence-electron chi connectivity index (χ1n) is 21.7. The minimum absolute atomic E-state index is 0.172. The van der Waals surface area contributed by atoms with E-state index in [1.807, 2.05) is 48.5 Å². The topological polar surface area (TPSA) is 95.8 Å². The number of ether oxygens (including phenoxy) is 2. The first-order chi connectivity index (χ1) is 30.4. The molecule has 8 rings (SSSR count). The van der Waals surface area contributed by atoms with Crippen LogP contribution in [-0.2, 0) is 51.4 Å². The Bertz CT molecular complexity index is 2360. The molecule has 0 amide bonds. The van der Waals surface area contributed by atoms with Gasteiger partial charge in [0.05, 0.1) is 0 Å². The number of benzene rings is 6. The summed E-state index contributed by atoms with van der Waals surface area (Å²) in [4.78, 5) is 28.8. The summed E-state index contributed by atoms with van der Waals surface area (Å²) in [5.74, 6) is 4.17. The lowest BCUT2D eigenvalue weighted by molar-refractivity contribution is 0.393. The van der Waals surface area contributed by atoms with E-state index in [1.54, 1.807) is 0 Å². The molecule has 0 saturated heterocycles. The van der Waals surface area contributed by atoms with Crippen molar-refractivity contribution in [2.24, 2.45) is 0 Å². The highest BCUT2D eigenvalue weighted by atomic mass is 16.5. The van der Waals surface area contributed by atoms with E-state index in [2.05, 4.69) is 140 Å². The Morgan fingerprint density at radius 1 is 0.274 bits per heavy atom. The summed E-state index contributed by atoms with van der Waals surface area (Å²) in [5.41, 5.74) is 11.9. The summed E-state index contributed by atoms with van der Waals surface area (Å²) >= 11 is 0. The van der Waals surface area contributed by atoms with Gasteiger partial charge in [-0.05, 0) is 106 Å². The smallest absolute Gasteiger partial charge is 0.328 e. The minimum Gasteiger partial charge on any atom is -0.424 e. The van der Waals surface area contributed by atoms with Crippen LogP contribution in [0.1, 0.15) is 95.5 Å². The molecule has 0 N–H and O–H groups in total. The van der Waals surface area contributed by atoms with Crippen molar-refractivity contribution in [1.82, 2.24) is 29.9 Å². The summed E-state index contributed by atoms with van der Waals surface area (Å²) in [6.07, 6.45) is 6.39. The van der Waals surface area contributed by atoms with Crippen molar-refractivity contribution in [3.8, 4) is 34.6 Å². The fourth-order valence-electron chi connectivity index (χ4n) is 7.25. The SMILES string of the molecule is CCc1ccc(Cc2nc(Cc3ccc(CC)cc3)nc(Cc3ccc(-c4ccc(Oc5nc(Cc6ccc(CC)cc6)nc(Oc6ccc(CC)cc6)n5)cc4)cc3)n2)cc1. The Morgan fingerprint density at radius 3 is 0.839 bits per heavy atom. The molecule has 2 heterocycles. The third-order valence-electron chi connectivity index (χ3n) is 11.0. The van der Waals surface area contributed by atoms with E-state index >= 15 is 0 Å². The number of aryl methyl sites for hydroxylation is 4. The fraction of sp³-hybridized carbons (Fsp3) is 0.222. The maximum atomic E-state index is 6.24. The predicted molar refractivity (Wildman–Crippen MR) is 246 cm³/mol. The van der Waals surface area contributed by atoms with Gasteiger partial charge in [0, 0.05) is 25.7 Å². The lowest BCUT2D eigenvalue weighted by Gasteiger charge is -2.11. The molecular formula is C54H52N6O2. The number of nitrogens with zero attached hydrogens (tertiary/aromatic N) is 6. The zero-order valence-electron chi connectivity index (χ0n) is 36.0. The van der Waals surface area contributed by atoms with E-state index in [0.717, 1.165) is 65.4 Å². The third kappa shape index (κ3) is 11.2. The average molecular weight is 817 g/mol. The fourth-order valence-corrected chi connectivity index (χ4v) is 7.25. The van der Waals surface area contributed by atoms with Gasteiger partial charge in [0.1, 0.15) is 34.8 Å². The molecule has 0 fully saturated rings. The normalized spacial score (nSPS) is 11.1. The van der Waals surface area contributed by atoms with Crippen molar-refractivity contribution in [1.29, 1.82) is 0 Å². The second-order valence-corrected chi connectivity index (χ2v) is 15.5. The van der Waals surface area contributed by atoms with E-state index in [1.165, 1.54) is 33.4 Å². The first-order valence-corrected chi connectivity index (χ1v) is 21.7. The molecule has 8 nitrogen and oxygen atoms in total. The van der Waals surface area contributed by atoms with E-state index in [0.29, 0.717) is 43.0 Å². The Kier molecular flexibility index (Phi) is 13.4. The summed E-state index contributed by atoms with van der Waals surface area (Å²) in [5, 5.41) is 0. The number of hydrogen-bond donors (Lipinski definition) is 0. The highest BCUT2D eigenvalue weighted by Crippen LogP contribution is 2.28. The molecule has 8 heteroatoms. The van der Waals surface area contributed by atoms with E-state index in [9.17, 15) is 0 Å². The standard InChI is InChI=1S/C54H52N6O2/c1-5-37-9-15-41(16-10-37)33-49-55-50(34-42-17-11-38(6-2)12-18-42)57-51(56-49)35-44-21-25-45(26-22-44)46-27-31-48(32-28-46)62-54-59-52(36-43-19-13-39(7-3)14-20-43)58-53(60-54)61-47-29-23-40(8-4)24-30-47/h9-32H,5-8,33-36H2,1-4H3. The molecule has 0 spiro atoms. The van der Waals surface area contributed by atoms with E-state index in [4.69, 9.17) is 24.4 Å². The molecule has 0 aliphatic rings. The molecule has 0 atom stereocenters. The minimum atomic E-state index is 0.172. The van der Waals surface area contributed by atoms with Gasteiger partial charge in [-0.25, -0.2) is 15.0 Å². The maximum absolute atomic E-state index is 6.24. The van der Waals surface area contributed by atoms with Crippen molar-refractivity contribution >= 4 is 0 Å². The molecule has 0 aliphatic carbocycles. The molecule has 0 bridgehead atoms. The Hall–Kier alpha value is -7.06. The summed E-state index contributed by atoms with van der Waals surface area (Å²) in [6.45, 7) is 8.62. The van der Waals surface area contributed by atoms with Gasteiger partial charge in [-0.2, -0.15) is 9.97 Å². The lowest BCUT2D eigenvalue weighted by Crippen LogP contribution is -2.09. The largest absolute Gasteiger partial charge is 0.424 e. The highest BCUT2D eigenvalue weighted by molar-refractivity contribution is 5.64. The van der Waals surface area contributed by atoms with Crippen LogP contribution in [0.3, 0.4) is 0 Å². The predicted octanol–water partition coefficient (Wildman–Crippen LogP) is 11.9. The monoisotopic (exact) mass is 816 g/mol. The third-order valence-corrected chi connectivity index (χ3v) is 11.0. The number of hydrogen-bond acceptors (Lipinski definition) is 8. The van der Waals surface area contributed by atoms with Gasteiger partial charge >= 0.3 is 12.0 Å². The van der Waals surface area contributed by atoms with E-state index < -0.39 is 0 Å². The zero-order chi connectivity index (χ0) is 42.7. The number of aromatic nitrogens is 6. The van der Waals surface area contributed by atoms with Gasteiger partial charge in [0.15, 0.2) is 0 Å². The van der Waals surface area contributed by atoms with Crippen molar-refractivity contribution in [3.63, 3.8) is 0 Å². The van der Waals surface area contributed by atoms with Crippen molar-refractivity contribution in [2.75, 3.05) is 0 Å². The van der Waals surface area contributed by atoms with Crippen LogP contribution >= 0.6 is 0 Å². The molecule has 0 radical (unpaired) electrons. The van der Waals surface area contributed by atoms with Crippen LogP contribution in [0.25, 0.3) is 11.1 Å². The quantitative estimate of drug-likeness (QED) is 0.0896. The lowest BCUT2D eigenvalue weighted by atomic mass is 10.0. The van der Waals surface area contributed by atoms with Gasteiger partial charge in [-0.3, -0.25) is 0 Å². The average Bonchev–Trinajstić information content (AvgIpc) is 3.30. The molecule has 0 aliphatic heterocycles.